The number of rotatable bonds is 4. The Morgan fingerprint density at radius 1 is 1.33 bits per heavy atom. The lowest BCUT2D eigenvalue weighted by atomic mass is 10.3. The minimum Gasteiger partial charge on any atom is -0.450 e. The van der Waals surface area contributed by atoms with Crippen molar-refractivity contribution in [3.05, 3.63) is 51.6 Å². The van der Waals surface area contributed by atoms with Crippen LogP contribution in [0.15, 0.2) is 39.4 Å². The van der Waals surface area contributed by atoms with Gasteiger partial charge in [-0.15, -0.1) is 0 Å². The quantitative estimate of drug-likeness (QED) is 0.827. The van der Waals surface area contributed by atoms with Crippen LogP contribution in [0.3, 0.4) is 0 Å². The van der Waals surface area contributed by atoms with E-state index in [0.29, 0.717) is 4.67 Å². The molecule has 0 atom stereocenters. The SMILES string of the molecule is O=C(COC(=O)c1ccc(Br)o1)Nc1ccc(F)cc1Cl. The highest BCUT2D eigenvalue weighted by Gasteiger charge is 2.14. The molecule has 0 unspecified atom stereocenters. The summed E-state index contributed by atoms with van der Waals surface area (Å²) in [6.45, 7) is -0.523. The Hall–Kier alpha value is -1.86. The molecule has 1 aromatic carbocycles. The predicted molar refractivity (Wildman–Crippen MR) is 76.7 cm³/mol. The van der Waals surface area contributed by atoms with Crippen LogP contribution in [0.4, 0.5) is 10.1 Å². The van der Waals surface area contributed by atoms with Crippen molar-refractivity contribution in [2.45, 2.75) is 0 Å². The van der Waals surface area contributed by atoms with E-state index in [1.165, 1.54) is 18.2 Å². The maximum absolute atomic E-state index is 12.8. The summed E-state index contributed by atoms with van der Waals surface area (Å²) >= 11 is 8.79. The molecule has 0 aliphatic rings. The minimum atomic E-state index is -0.777. The number of halogens is 3. The highest BCUT2D eigenvalue weighted by molar-refractivity contribution is 9.10. The minimum absolute atomic E-state index is 0.0329. The zero-order chi connectivity index (χ0) is 15.4. The van der Waals surface area contributed by atoms with Crippen molar-refractivity contribution in [3.8, 4) is 0 Å². The number of esters is 1. The van der Waals surface area contributed by atoms with Gasteiger partial charge in [0.15, 0.2) is 11.3 Å². The van der Waals surface area contributed by atoms with Crippen LogP contribution in [0.25, 0.3) is 0 Å². The number of anilines is 1. The van der Waals surface area contributed by atoms with Crippen molar-refractivity contribution < 1.29 is 23.1 Å². The van der Waals surface area contributed by atoms with Crippen LogP contribution >= 0.6 is 27.5 Å². The second-order valence-corrected chi connectivity index (χ2v) is 5.04. The summed E-state index contributed by atoms with van der Waals surface area (Å²) in [5.41, 5.74) is 0.222. The average molecular weight is 377 g/mol. The first-order valence-electron chi connectivity index (χ1n) is 5.63. The molecule has 1 amide bonds. The molecule has 1 aromatic heterocycles. The first-order valence-corrected chi connectivity index (χ1v) is 6.80. The Balaban J connectivity index is 1.89. The number of hydrogen-bond donors (Lipinski definition) is 1. The third-order valence-electron chi connectivity index (χ3n) is 2.31. The van der Waals surface area contributed by atoms with Gasteiger partial charge in [0.05, 0.1) is 10.7 Å². The molecule has 0 bridgehead atoms. The highest BCUT2D eigenvalue weighted by Crippen LogP contribution is 2.22. The Morgan fingerprint density at radius 2 is 2.10 bits per heavy atom. The molecule has 5 nitrogen and oxygen atoms in total. The molecule has 0 aliphatic heterocycles. The average Bonchev–Trinajstić information content (AvgIpc) is 2.86. The second-order valence-electron chi connectivity index (χ2n) is 3.85. The molecule has 0 aliphatic carbocycles. The molecule has 2 aromatic rings. The normalized spacial score (nSPS) is 10.2. The number of nitrogens with one attached hydrogen (secondary N) is 1. The summed E-state index contributed by atoms with van der Waals surface area (Å²) in [6, 6.07) is 6.44. The van der Waals surface area contributed by atoms with Gasteiger partial charge in [-0.3, -0.25) is 4.79 Å². The zero-order valence-electron chi connectivity index (χ0n) is 10.4. The summed E-state index contributed by atoms with van der Waals surface area (Å²) in [4.78, 5) is 23.1. The lowest BCUT2D eigenvalue weighted by molar-refractivity contribution is -0.119. The van der Waals surface area contributed by atoms with E-state index >= 15 is 0 Å². The molecule has 8 heteroatoms. The van der Waals surface area contributed by atoms with Crippen LogP contribution in [0.5, 0.6) is 0 Å². The van der Waals surface area contributed by atoms with Gasteiger partial charge in [0.1, 0.15) is 5.82 Å². The Kier molecular flexibility index (Phi) is 4.98. The van der Waals surface area contributed by atoms with Crippen molar-refractivity contribution in [2.24, 2.45) is 0 Å². The van der Waals surface area contributed by atoms with Crippen molar-refractivity contribution >= 4 is 45.1 Å². The molecule has 1 N–H and O–H groups in total. The first-order chi connectivity index (χ1) is 9.95. The predicted octanol–water partition coefficient (Wildman–Crippen LogP) is 3.63. The van der Waals surface area contributed by atoms with E-state index < -0.39 is 24.3 Å². The summed E-state index contributed by atoms with van der Waals surface area (Å²) in [6.07, 6.45) is 0. The molecule has 0 fully saturated rings. The van der Waals surface area contributed by atoms with E-state index in [0.717, 1.165) is 12.1 Å². The van der Waals surface area contributed by atoms with Gasteiger partial charge in [0, 0.05) is 0 Å². The number of amides is 1. The summed E-state index contributed by atoms with van der Waals surface area (Å²) in [5.74, 6) is -1.94. The van der Waals surface area contributed by atoms with Gasteiger partial charge in [0.25, 0.3) is 5.91 Å². The maximum Gasteiger partial charge on any atom is 0.374 e. The third-order valence-corrected chi connectivity index (χ3v) is 3.05. The topological polar surface area (TPSA) is 68.5 Å². The number of carbonyl (C=O) groups is 2. The molecule has 1 heterocycles. The van der Waals surface area contributed by atoms with Gasteiger partial charge in [-0.2, -0.15) is 0 Å². The van der Waals surface area contributed by atoms with E-state index in [-0.39, 0.29) is 16.5 Å². The molecular weight excluding hydrogens is 369 g/mol. The van der Waals surface area contributed by atoms with Crippen LogP contribution < -0.4 is 5.32 Å². The van der Waals surface area contributed by atoms with Crippen molar-refractivity contribution in [3.63, 3.8) is 0 Å². The van der Waals surface area contributed by atoms with Gasteiger partial charge in [-0.05, 0) is 46.3 Å². The van der Waals surface area contributed by atoms with E-state index in [4.69, 9.17) is 20.8 Å². The van der Waals surface area contributed by atoms with E-state index in [9.17, 15) is 14.0 Å². The van der Waals surface area contributed by atoms with Crippen molar-refractivity contribution in [1.82, 2.24) is 0 Å². The van der Waals surface area contributed by atoms with Gasteiger partial charge in [-0.1, -0.05) is 11.6 Å². The molecule has 2 rings (SSSR count). The van der Waals surface area contributed by atoms with Gasteiger partial charge < -0.3 is 14.5 Å². The summed E-state index contributed by atoms with van der Waals surface area (Å²) < 4.78 is 23.0. The Morgan fingerprint density at radius 3 is 2.71 bits per heavy atom. The number of hydrogen-bond acceptors (Lipinski definition) is 4. The van der Waals surface area contributed by atoms with E-state index in [1.54, 1.807) is 0 Å². The molecule has 0 saturated heterocycles. The number of ether oxygens (including phenoxy) is 1. The summed E-state index contributed by atoms with van der Waals surface area (Å²) in [5, 5.41) is 2.44. The fourth-order valence-corrected chi connectivity index (χ4v) is 1.92. The van der Waals surface area contributed by atoms with Gasteiger partial charge in [0.2, 0.25) is 5.76 Å². The number of furan rings is 1. The lowest BCUT2D eigenvalue weighted by Crippen LogP contribution is -2.21. The fourth-order valence-electron chi connectivity index (χ4n) is 1.40. The molecule has 0 spiro atoms. The van der Waals surface area contributed by atoms with E-state index in [2.05, 4.69) is 21.2 Å². The van der Waals surface area contributed by atoms with E-state index in [1.807, 2.05) is 0 Å². The molecule has 110 valence electrons. The van der Waals surface area contributed by atoms with Crippen LogP contribution in [0, 0.1) is 5.82 Å². The lowest BCUT2D eigenvalue weighted by Gasteiger charge is -2.07. The van der Waals surface area contributed by atoms with Crippen LogP contribution in [0.2, 0.25) is 5.02 Å². The van der Waals surface area contributed by atoms with Crippen molar-refractivity contribution in [2.75, 3.05) is 11.9 Å². The fraction of sp³-hybridized carbons (Fsp3) is 0.0769. The van der Waals surface area contributed by atoms with Crippen LogP contribution in [0.1, 0.15) is 10.6 Å². The third kappa shape index (κ3) is 4.30. The smallest absolute Gasteiger partial charge is 0.374 e. The Labute approximate surface area is 132 Å². The number of carbonyl (C=O) groups excluding carboxylic acids is 2. The standard InChI is InChI=1S/C13H8BrClFNO4/c14-11-4-3-10(21-11)13(19)20-6-12(18)17-9-2-1-7(16)5-8(9)15/h1-5H,6H2,(H,17,18). The second kappa shape index (κ2) is 6.73. The monoisotopic (exact) mass is 375 g/mol. The van der Waals surface area contributed by atoms with Gasteiger partial charge >= 0.3 is 5.97 Å². The highest BCUT2D eigenvalue weighted by atomic mass is 79.9. The maximum atomic E-state index is 12.8. The van der Waals surface area contributed by atoms with Crippen LogP contribution in [-0.2, 0) is 9.53 Å². The van der Waals surface area contributed by atoms with Gasteiger partial charge in [-0.25, -0.2) is 9.18 Å². The summed E-state index contributed by atoms with van der Waals surface area (Å²) in [7, 11) is 0. The molecule has 0 saturated carbocycles. The van der Waals surface area contributed by atoms with Crippen LogP contribution in [-0.4, -0.2) is 18.5 Å². The Bertz CT molecular complexity index is 689. The van der Waals surface area contributed by atoms with Crippen molar-refractivity contribution in [1.29, 1.82) is 0 Å². The largest absolute Gasteiger partial charge is 0.450 e. The number of benzene rings is 1. The molecule has 21 heavy (non-hydrogen) atoms. The zero-order valence-corrected chi connectivity index (χ0v) is 12.7. The first kappa shape index (κ1) is 15.5. The molecule has 0 radical (unpaired) electrons. The molecular formula is C13H8BrClFNO4.